The quantitative estimate of drug-likeness (QED) is 0.786. The third-order valence-corrected chi connectivity index (χ3v) is 4.95. The van der Waals surface area contributed by atoms with Crippen LogP contribution in [0.4, 0.5) is 0 Å². The molecule has 1 aliphatic heterocycles. The molecule has 130 valence electrons. The van der Waals surface area contributed by atoms with Crippen LogP contribution in [-0.2, 0) is 6.54 Å². The maximum Gasteiger partial charge on any atom is 0.266 e. The molecule has 0 amide bonds. The summed E-state index contributed by atoms with van der Waals surface area (Å²) in [6, 6.07) is 15.3. The van der Waals surface area contributed by atoms with Crippen LogP contribution in [0.25, 0.3) is 10.9 Å². The zero-order chi connectivity index (χ0) is 18.1. The lowest BCUT2D eigenvalue weighted by atomic mass is 10.2. The molecule has 2 aromatic heterocycles. The fourth-order valence-corrected chi connectivity index (χ4v) is 3.61. The predicted octanol–water partition coefficient (Wildman–Crippen LogP) is 2.01. The summed E-state index contributed by atoms with van der Waals surface area (Å²) in [6.07, 6.45) is 2.63. The first kappa shape index (κ1) is 16.3. The molecule has 6 nitrogen and oxygen atoms in total. The van der Waals surface area contributed by atoms with Crippen molar-refractivity contribution in [1.82, 2.24) is 14.5 Å². The highest BCUT2D eigenvalue weighted by Gasteiger charge is 2.25. The van der Waals surface area contributed by atoms with E-state index in [1.807, 2.05) is 24.3 Å². The van der Waals surface area contributed by atoms with Gasteiger partial charge in [0, 0.05) is 25.8 Å². The zero-order valence-corrected chi connectivity index (χ0v) is 14.2. The molecule has 1 fully saturated rings. The third-order valence-electron chi connectivity index (χ3n) is 4.95. The molecule has 3 heterocycles. The number of nitrogens with zero attached hydrogens (tertiary/aromatic N) is 3. The monoisotopic (exact) mass is 346 g/mol. The average Bonchev–Trinajstić information content (AvgIpc) is 3.10. The number of nitriles is 1. The third kappa shape index (κ3) is 2.93. The number of rotatable bonds is 3. The van der Waals surface area contributed by atoms with Gasteiger partial charge >= 0.3 is 0 Å². The van der Waals surface area contributed by atoms with Gasteiger partial charge in [-0.15, -0.1) is 0 Å². The SMILES string of the molecule is N#Cc1cc2c(=O)n(C3CCN(Cc4ccccc4)C3)ccc2[nH]c1=O. The molecular weight excluding hydrogens is 328 g/mol. The largest absolute Gasteiger partial charge is 0.321 e. The first-order valence-corrected chi connectivity index (χ1v) is 8.60. The van der Waals surface area contributed by atoms with Gasteiger partial charge in [0.2, 0.25) is 0 Å². The van der Waals surface area contributed by atoms with Crippen molar-refractivity contribution < 1.29 is 0 Å². The summed E-state index contributed by atoms with van der Waals surface area (Å²) in [5, 5.41) is 9.42. The van der Waals surface area contributed by atoms with Crippen LogP contribution in [0.1, 0.15) is 23.6 Å². The number of aromatic nitrogens is 2. The van der Waals surface area contributed by atoms with E-state index < -0.39 is 5.56 Å². The normalized spacial score (nSPS) is 17.4. The Balaban J connectivity index is 1.62. The van der Waals surface area contributed by atoms with Gasteiger partial charge in [0.15, 0.2) is 0 Å². The van der Waals surface area contributed by atoms with Crippen LogP contribution >= 0.6 is 0 Å². The summed E-state index contributed by atoms with van der Waals surface area (Å²) in [5.41, 5.74) is 1.06. The van der Waals surface area contributed by atoms with Crippen molar-refractivity contribution in [2.75, 3.05) is 13.1 Å². The Morgan fingerprint density at radius 3 is 2.77 bits per heavy atom. The number of likely N-dealkylation sites (tertiary alicyclic amines) is 1. The second-order valence-corrected chi connectivity index (χ2v) is 6.64. The van der Waals surface area contributed by atoms with Gasteiger partial charge in [0.05, 0.1) is 16.9 Å². The van der Waals surface area contributed by atoms with Crippen LogP contribution < -0.4 is 11.1 Å². The number of H-pyrrole nitrogens is 1. The number of fused-ring (bicyclic) bond motifs is 1. The molecule has 26 heavy (non-hydrogen) atoms. The molecule has 3 aromatic rings. The lowest BCUT2D eigenvalue weighted by Gasteiger charge is -2.17. The van der Waals surface area contributed by atoms with Crippen molar-refractivity contribution in [1.29, 1.82) is 5.26 Å². The first-order chi connectivity index (χ1) is 12.7. The number of hydrogen-bond donors (Lipinski definition) is 1. The maximum absolute atomic E-state index is 12.9. The average molecular weight is 346 g/mol. The van der Waals surface area contributed by atoms with Crippen molar-refractivity contribution in [3.05, 3.63) is 80.5 Å². The summed E-state index contributed by atoms with van der Waals surface area (Å²) in [4.78, 5) is 29.6. The molecule has 1 unspecified atom stereocenters. The minimum atomic E-state index is -0.466. The Labute approximate surface area is 149 Å². The Bertz CT molecular complexity index is 1110. The van der Waals surface area contributed by atoms with Gasteiger partial charge in [-0.3, -0.25) is 14.5 Å². The van der Waals surface area contributed by atoms with Gasteiger partial charge in [0.25, 0.3) is 11.1 Å². The summed E-state index contributed by atoms with van der Waals surface area (Å²) in [6.45, 7) is 2.60. The summed E-state index contributed by atoms with van der Waals surface area (Å²) in [7, 11) is 0. The molecule has 0 aliphatic carbocycles. The smallest absolute Gasteiger partial charge is 0.266 e. The number of aromatic amines is 1. The Morgan fingerprint density at radius 2 is 2.00 bits per heavy atom. The minimum Gasteiger partial charge on any atom is -0.321 e. The lowest BCUT2D eigenvalue weighted by Crippen LogP contribution is -2.28. The molecule has 4 rings (SSSR count). The number of hydrogen-bond acceptors (Lipinski definition) is 4. The van der Waals surface area contributed by atoms with Gasteiger partial charge in [-0.05, 0) is 24.1 Å². The molecule has 1 atom stereocenters. The van der Waals surface area contributed by atoms with Gasteiger partial charge in [-0.2, -0.15) is 5.26 Å². The van der Waals surface area contributed by atoms with Crippen molar-refractivity contribution in [2.45, 2.75) is 19.0 Å². The highest BCUT2D eigenvalue weighted by molar-refractivity contribution is 5.78. The van der Waals surface area contributed by atoms with Crippen LogP contribution in [0.2, 0.25) is 0 Å². The van der Waals surface area contributed by atoms with E-state index in [0.29, 0.717) is 10.9 Å². The van der Waals surface area contributed by atoms with Crippen molar-refractivity contribution in [2.24, 2.45) is 0 Å². The first-order valence-electron chi connectivity index (χ1n) is 8.60. The van der Waals surface area contributed by atoms with E-state index >= 15 is 0 Å². The van der Waals surface area contributed by atoms with Crippen LogP contribution in [0.3, 0.4) is 0 Å². The van der Waals surface area contributed by atoms with Crippen molar-refractivity contribution in [3.8, 4) is 6.07 Å². The standard InChI is InChI=1S/C20H18N4O2/c21-11-15-10-17-18(22-19(15)25)7-9-24(20(17)26)16-6-8-23(13-16)12-14-4-2-1-3-5-14/h1-5,7,9-10,16H,6,8,12-13H2,(H,22,25). The molecule has 0 saturated carbocycles. The fourth-order valence-electron chi connectivity index (χ4n) is 3.61. The molecule has 1 saturated heterocycles. The second-order valence-electron chi connectivity index (χ2n) is 6.64. The molecule has 0 spiro atoms. The van der Waals surface area contributed by atoms with Gasteiger partial charge < -0.3 is 9.55 Å². The van der Waals surface area contributed by atoms with Crippen molar-refractivity contribution in [3.63, 3.8) is 0 Å². The van der Waals surface area contributed by atoms with Crippen LogP contribution in [0.15, 0.2) is 58.3 Å². The topological polar surface area (TPSA) is 81.9 Å². The van der Waals surface area contributed by atoms with Gasteiger partial charge in [-0.25, -0.2) is 0 Å². The van der Waals surface area contributed by atoms with Crippen LogP contribution in [0.5, 0.6) is 0 Å². The minimum absolute atomic E-state index is 0.0375. The van der Waals surface area contributed by atoms with E-state index in [0.717, 1.165) is 26.1 Å². The van der Waals surface area contributed by atoms with Crippen LogP contribution in [-0.4, -0.2) is 27.5 Å². The number of benzene rings is 1. The maximum atomic E-state index is 12.9. The number of nitrogens with one attached hydrogen (secondary N) is 1. The van der Waals surface area contributed by atoms with E-state index in [4.69, 9.17) is 5.26 Å². The van der Waals surface area contributed by atoms with E-state index in [-0.39, 0.29) is 17.2 Å². The van der Waals surface area contributed by atoms with Gasteiger partial charge in [-0.1, -0.05) is 30.3 Å². The predicted molar refractivity (Wildman–Crippen MR) is 98.9 cm³/mol. The molecule has 0 bridgehead atoms. The molecular formula is C20H18N4O2. The summed E-state index contributed by atoms with van der Waals surface area (Å²) in [5.74, 6) is 0. The molecule has 6 heteroatoms. The van der Waals surface area contributed by atoms with E-state index in [1.165, 1.54) is 11.6 Å². The highest BCUT2D eigenvalue weighted by Crippen LogP contribution is 2.22. The molecule has 1 aliphatic rings. The van der Waals surface area contributed by atoms with Crippen LogP contribution in [0, 0.1) is 11.3 Å². The molecule has 1 aromatic carbocycles. The Kier molecular flexibility index (Phi) is 4.15. The Morgan fingerprint density at radius 1 is 1.19 bits per heavy atom. The second kappa shape index (κ2) is 6.62. The van der Waals surface area contributed by atoms with E-state index in [2.05, 4.69) is 22.0 Å². The summed E-state index contributed by atoms with van der Waals surface area (Å²) < 4.78 is 1.73. The van der Waals surface area contributed by atoms with E-state index in [1.54, 1.807) is 16.8 Å². The summed E-state index contributed by atoms with van der Waals surface area (Å²) >= 11 is 0. The molecule has 0 radical (unpaired) electrons. The van der Waals surface area contributed by atoms with E-state index in [9.17, 15) is 9.59 Å². The number of pyridine rings is 2. The lowest BCUT2D eigenvalue weighted by molar-refractivity contribution is 0.315. The zero-order valence-electron chi connectivity index (χ0n) is 14.2. The van der Waals surface area contributed by atoms with Gasteiger partial charge in [0.1, 0.15) is 11.6 Å². The van der Waals surface area contributed by atoms with Crippen molar-refractivity contribution >= 4 is 10.9 Å². The molecule has 1 N–H and O–H groups in total. The fraction of sp³-hybridized carbons (Fsp3) is 0.250. The highest BCUT2D eigenvalue weighted by atomic mass is 16.1. The Hall–Kier alpha value is -3.17.